The predicted octanol–water partition coefficient (Wildman–Crippen LogP) is 2.38. The van der Waals surface area contributed by atoms with Crippen molar-refractivity contribution in [3.8, 4) is 0 Å². The first-order valence-corrected chi connectivity index (χ1v) is 6.23. The maximum atomic E-state index is 11.6. The van der Waals surface area contributed by atoms with Gasteiger partial charge in [-0.25, -0.2) is 4.79 Å². The molecule has 0 aromatic carbocycles. The molecule has 0 bridgehead atoms. The number of halogens is 1. The number of carbonyl (C=O) groups is 1. The maximum Gasteiger partial charge on any atom is 0.412 e. The Labute approximate surface area is 105 Å². The van der Waals surface area contributed by atoms with Crippen LogP contribution in [-0.4, -0.2) is 35.0 Å². The van der Waals surface area contributed by atoms with Crippen LogP contribution in [0.2, 0.25) is 0 Å². The Morgan fingerprint density at radius 1 is 1.65 bits per heavy atom. The normalized spacial score (nSPS) is 28.9. The van der Waals surface area contributed by atoms with Gasteiger partial charge in [0, 0.05) is 17.2 Å². The number of hydrogen-bond donors (Lipinski definition) is 1. The van der Waals surface area contributed by atoms with Crippen molar-refractivity contribution >= 4 is 17.7 Å². The summed E-state index contributed by atoms with van der Waals surface area (Å²) in [6.07, 6.45) is 4.15. The lowest BCUT2D eigenvalue weighted by atomic mass is 10.0. The molecule has 1 saturated heterocycles. The van der Waals surface area contributed by atoms with Crippen molar-refractivity contribution in [3.63, 3.8) is 0 Å². The molecule has 4 nitrogen and oxygen atoms in total. The fourth-order valence-electron chi connectivity index (χ4n) is 2.10. The second kappa shape index (κ2) is 5.10. The highest BCUT2D eigenvalue weighted by Crippen LogP contribution is 2.31. The molecule has 0 aromatic heterocycles. The van der Waals surface area contributed by atoms with Gasteiger partial charge in [0.25, 0.3) is 0 Å². The molecule has 0 spiro atoms. The number of aliphatic hydroxyl groups is 1. The zero-order chi connectivity index (χ0) is 12.4. The van der Waals surface area contributed by atoms with Crippen LogP contribution in [0, 0.1) is 0 Å². The van der Waals surface area contributed by atoms with E-state index in [1.165, 1.54) is 4.90 Å². The first-order valence-electron chi connectivity index (χ1n) is 5.85. The van der Waals surface area contributed by atoms with Crippen LogP contribution in [0.3, 0.4) is 0 Å². The molecule has 1 amide bonds. The van der Waals surface area contributed by atoms with Gasteiger partial charge in [-0.2, -0.15) is 0 Å². The fraction of sp³-hybridized carbons (Fsp3) is 0.583. The lowest BCUT2D eigenvalue weighted by Crippen LogP contribution is -2.37. The Balaban J connectivity index is 2.18. The van der Waals surface area contributed by atoms with Gasteiger partial charge in [0.2, 0.25) is 0 Å². The van der Waals surface area contributed by atoms with Crippen LogP contribution in [-0.2, 0) is 4.74 Å². The molecule has 2 atom stereocenters. The lowest BCUT2D eigenvalue weighted by Gasteiger charge is -2.21. The van der Waals surface area contributed by atoms with E-state index < -0.39 is 18.4 Å². The summed E-state index contributed by atoms with van der Waals surface area (Å²) in [5.41, 5.74) is 0.720. The standard InChI is InChI=1S/C12H16ClNO3/c1-2-7-14-11(15)10(17-12(14)16)8-5-3-4-6-9(8)13/h3,5,10-11,15H,2,4,6-7H2,1H3/t10-,11+/m1/s1. The first-order chi connectivity index (χ1) is 8.15. The minimum atomic E-state index is -0.936. The highest BCUT2D eigenvalue weighted by atomic mass is 35.5. The quantitative estimate of drug-likeness (QED) is 0.845. The number of amides is 1. The molecule has 1 fully saturated rings. The van der Waals surface area contributed by atoms with Gasteiger partial charge in [-0.15, -0.1) is 0 Å². The summed E-state index contributed by atoms with van der Waals surface area (Å²) in [5, 5.41) is 10.7. The highest BCUT2D eigenvalue weighted by Gasteiger charge is 2.42. The minimum absolute atomic E-state index is 0.472. The van der Waals surface area contributed by atoms with Crippen molar-refractivity contribution in [1.82, 2.24) is 4.90 Å². The van der Waals surface area contributed by atoms with E-state index in [1.54, 1.807) is 0 Å². The molecule has 0 saturated carbocycles. The number of nitrogens with zero attached hydrogens (tertiary/aromatic N) is 1. The third-order valence-corrected chi connectivity index (χ3v) is 3.37. The zero-order valence-corrected chi connectivity index (χ0v) is 10.5. The number of cyclic esters (lactones) is 1. The van der Waals surface area contributed by atoms with Gasteiger partial charge in [0.15, 0.2) is 12.3 Å². The summed E-state index contributed by atoms with van der Waals surface area (Å²) in [4.78, 5) is 12.9. The number of allylic oxidation sites excluding steroid dienone is 2. The first kappa shape index (κ1) is 12.5. The van der Waals surface area contributed by atoms with Crippen molar-refractivity contribution in [2.45, 2.75) is 38.5 Å². The second-order valence-electron chi connectivity index (χ2n) is 4.21. The van der Waals surface area contributed by atoms with Crippen LogP contribution < -0.4 is 0 Å². The SMILES string of the molecule is CCCN1C(=O)O[C@H](C2=C(Cl)CCC=C2)[C@@H]1O. The smallest absolute Gasteiger partial charge is 0.412 e. The Hall–Kier alpha value is -1.00. The monoisotopic (exact) mass is 257 g/mol. The summed E-state index contributed by atoms with van der Waals surface area (Å²) < 4.78 is 5.19. The summed E-state index contributed by atoms with van der Waals surface area (Å²) in [5.74, 6) is 0. The molecule has 1 aliphatic heterocycles. The molecule has 94 valence electrons. The third kappa shape index (κ3) is 2.33. The van der Waals surface area contributed by atoms with Crippen LogP contribution in [0.1, 0.15) is 26.2 Å². The molecule has 1 aliphatic carbocycles. The molecule has 2 aliphatic rings. The van der Waals surface area contributed by atoms with Crippen LogP contribution in [0.4, 0.5) is 4.79 Å². The van der Waals surface area contributed by atoms with Crippen LogP contribution >= 0.6 is 11.6 Å². The molecule has 1 heterocycles. The maximum absolute atomic E-state index is 11.6. The van der Waals surface area contributed by atoms with Gasteiger partial charge < -0.3 is 9.84 Å². The molecule has 5 heteroatoms. The summed E-state index contributed by atoms with van der Waals surface area (Å²) in [7, 11) is 0. The van der Waals surface area contributed by atoms with Gasteiger partial charge in [-0.1, -0.05) is 30.7 Å². The van der Waals surface area contributed by atoms with Gasteiger partial charge in [0.1, 0.15) is 0 Å². The van der Waals surface area contributed by atoms with E-state index in [0.29, 0.717) is 11.6 Å². The van der Waals surface area contributed by atoms with Crippen molar-refractivity contribution in [1.29, 1.82) is 0 Å². The molecular weight excluding hydrogens is 242 g/mol. The van der Waals surface area contributed by atoms with Crippen molar-refractivity contribution in [2.24, 2.45) is 0 Å². The van der Waals surface area contributed by atoms with Crippen molar-refractivity contribution in [2.75, 3.05) is 6.54 Å². The molecule has 0 radical (unpaired) electrons. The van der Waals surface area contributed by atoms with Crippen molar-refractivity contribution in [3.05, 3.63) is 22.8 Å². The number of ether oxygens (including phenoxy) is 1. The lowest BCUT2D eigenvalue weighted by molar-refractivity contribution is 0.0307. The Morgan fingerprint density at radius 2 is 2.41 bits per heavy atom. The Morgan fingerprint density at radius 3 is 3.06 bits per heavy atom. The summed E-state index contributed by atoms with van der Waals surface area (Å²) in [6, 6.07) is 0. The molecule has 2 rings (SSSR count). The van der Waals surface area contributed by atoms with E-state index >= 15 is 0 Å². The van der Waals surface area contributed by atoms with Crippen LogP contribution in [0.15, 0.2) is 22.8 Å². The third-order valence-electron chi connectivity index (χ3n) is 2.96. The molecule has 0 unspecified atom stereocenters. The molecular formula is C12H16ClNO3. The number of rotatable bonds is 3. The zero-order valence-electron chi connectivity index (χ0n) is 9.73. The van der Waals surface area contributed by atoms with Gasteiger partial charge in [-0.05, 0) is 19.3 Å². The van der Waals surface area contributed by atoms with Gasteiger partial charge in [0.05, 0.1) is 0 Å². The molecule has 0 aromatic rings. The summed E-state index contributed by atoms with van der Waals surface area (Å²) in [6.45, 7) is 2.44. The topological polar surface area (TPSA) is 49.8 Å². The van der Waals surface area contributed by atoms with Gasteiger partial charge >= 0.3 is 6.09 Å². The molecule has 17 heavy (non-hydrogen) atoms. The van der Waals surface area contributed by atoms with Crippen LogP contribution in [0.5, 0.6) is 0 Å². The van der Waals surface area contributed by atoms with E-state index in [4.69, 9.17) is 16.3 Å². The van der Waals surface area contributed by atoms with Crippen molar-refractivity contribution < 1.29 is 14.6 Å². The van der Waals surface area contributed by atoms with E-state index in [2.05, 4.69) is 0 Å². The average molecular weight is 258 g/mol. The second-order valence-corrected chi connectivity index (χ2v) is 4.67. The summed E-state index contributed by atoms with van der Waals surface area (Å²) >= 11 is 6.11. The van der Waals surface area contributed by atoms with Gasteiger partial charge in [-0.3, -0.25) is 4.90 Å². The fourth-order valence-corrected chi connectivity index (χ4v) is 2.38. The Bertz CT molecular complexity index is 378. The van der Waals surface area contributed by atoms with E-state index in [1.807, 2.05) is 19.1 Å². The minimum Gasteiger partial charge on any atom is -0.436 e. The molecule has 1 N–H and O–H groups in total. The number of carbonyl (C=O) groups excluding carboxylic acids is 1. The number of hydrogen-bond acceptors (Lipinski definition) is 3. The predicted molar refractivity (Wildman–Crippen MR) is 64.5 cm³/mol. The average Bonchev–Trinajstić information content (AvgIpc) is 2.58. The Kier molecular flexibility index (Phi) is 3.74. The largest absolute Gasteiger partial charge is 0.436 e. The number of aliphatic hydroxyl groups excluding tert-OH is 1. The van der Waals surface area contributed by atoms with E-state index in [9.17, 15) is 9.90 Å². The van der Waals surface area contributed by atoms with Crippen LogP contribution in [0.25, 0.3) is 0 Å². The van der Waals surface area contributed by atoms with E-state index in [-0.39, 0.29) is 0 Å². The highest BCUT2D eigenvalue weighted by molar-refractivity contribution is 6.30. The van der Waals surface area contributed by atoms with E-state index in [0.717, 1.165) is 24.8 Å².